The molecule has 0 bridgehead atoms. The van der Waals surface area contributed by atoms with Crippen LogP contribution in [0.5, 0.6) is 11.5 Å². The molecular weight excluding hydrogens is 330 g/mol. The van der Waals surface area contributed by atoms with Gasteiger partial charge in [0.15, 0.2) is 11.5 Å². The van der Waals surface area contributed by atoms with Gasteiger partial charge < -0.3 is 19.4 Å². The number of aromatic nitrogens is 2. The second kappa shape index (κ2) is 6.92. The lowest BCUT2D eigenvalue weighted by molar-refractivity contribution is 0.0938. The third-order valence-corrected chi connectivity index (χ3v) is 4.35. The molecule has 1 amide bonds. The molecular formula is C20H19N3O3. The van der Waals surface area contributed by atoms with Crippen LogP contribution in [0.1, 0.15) is 28.9 Å². The Balaban J connectivity index is 1.45. The maximum atomic E-state index is 12.5. The van der Waals surface area contributed by atoms with Crippen LogP contribution < -0.4 is 14.8 Å². The summed E-state index contributed by atoms with van der Waals surface area (Å²) in [6, 6.07) is 13.1. The van der Waals surface area contributed by atoms with Crippen LogP contribution in [0.3, 0.4) is 0 Å². The molecule has 1 unspecified atom stereocenters. The largest absolute Gasteiger partial charge is 0.486 e. The van der Waals surface area contributed by atoms with Gasteiger partial charge in [0.1, 0.15) is 13.2 Å². The van der Waals surface area contributed by atoms with Crippen molar-refractivity contribution in [1.82, 2.24) is 14.9 Å². The van der Waals surface area contributed by atoms with E-state index < -0.39 is 0 Å². The van der Waals surface area contributed by atoms with Gasteiger partial charge in [-0.25, -0.2) is 4.98 Å². The van der Waals surface area contributed by atoms with Crippen molar-refractivity contribution in [3.05, 3.63) is 72.3 Å². The maximum absolute atomic E-state index is 12.5. The van der Waals surface area contributed by atoms with Crippen molar-refractivity contribution in [3.63, 3.8) is 0 Å². The number of nitrogens with one attached hydrogen (secondary N) is 1. The highest BCUT2D eigenvalue weighted by Crippen LogP contribution is 2.30. The zero-order valence-corrected chi connectivity index (χ0v) is 14.4. The first-order chi connectivity index (χ1) is 12.7. The molecule has 1 N–H and O–H groups in total. The Morgan fingerprint density at radius 1 is 1.12 bits per heavy atom. The first-order valence-electron chi connectivity index (χ1n) is 8.49. The monoisotopic (exact) mass is 349 g/mol. The minimum atomic E-state index is -0.145. The maximum Gasteiger partial charge on any atom is 0.251 e. The second-order valence-electron chi connectivity index (χ2n) is 6.12. The number of fused-ring (bicyclic) bond motifs is 1. The number of hydrogen-bond acceptors (Lipinski definition) is 4. The Kier molecular flexibility index (Phi) is 4.31. The first-order valence-corrected chi connectivity index (χ1v) is 8.49. The standard InChI is InChI=1S/C20H19N3O3/c1-14(15-2-5-17(6-3-15)23-9-8-21-13-23)22-20(24)16-4-7-18-19(12-16)26-11-10-25-18/h2-9,12-14H,10-11H2,1H3,(H,22,24). The molecule has 0 spiro atoms. The lowest BCUT2D eigenvalue weighted by atomic mass is 10.1. The van der Waals surface area contributed by atoms with Crippen LogP contribution in [0.25, 0.3) is 5.69 Å². The Labute approximate surface area is 151 Å². The van der Waals surface area contributed by atoms with Crippen molar-refractivity contribution in [2.45, 2.75) is 13.0 Å². The summed E-state index contributed by atoms with van der Waals surface area (Å²) in [6.07, 6.45) is 5.38. The predicted molar refractivity (Wildman–Crippen MR) is 96.9 cm³/mol. The van der Waals surface area contributed by atoms with E-state index >= 15 is 0 Å². The van der Waals surface area contributed by atoms with Gasteiger partial charge in [0.25, 0.3) is 5.91 Å². The molecule has 4 rings (SSSR count). The molecule has 0 saturated heterocycles. The van der Waals surface area contributed by atoms with Crippen LogP contribution in [-0.4, -0.2) is 28.7 Å². The van der Waals surface area contributed by atoms with Crippen molar-refractivity contribution >= 4 is 5.91 Å². The molecule has 3 aromatic rings. The molecule has 26 heavy (non-hydrogen) atoms. The molecule has 132 valence electrons. The van der Waals surface area contributed by atoms with E-state index in [0.717, 1.165) is 11.3 Å². The lowest BCUT2D eigenvalue weighted by Gasteiger charge is -2.19. The number of carbonyl (C=O) groups is 1. The van der Waals surface area contributed by atoms with E-state index in [9.17, 15) is 4.79 Å². The molecule has 1 aliphatic heterocycles. The van der Waals surface area contributed by atoms with Crippen LogP contribution in [0.2, 0.25) is 0 Å². The smallest absolute Gasteiger partial charge is 0.251 e. The molecule has 0 saturated carbocycles. The Bertz CT molecular complexity index is 905. The average Bonchev–Trinajstić information content (AvgIpc) is 3.22. The van der Waals surface area contributed by atoms with E-state index in [1.165, 1.54) is 0 Å². The van der Waals surface area contributed by atoms with Gasteiger partial charge in [-0.05, 0) is 42.8 Å². The Hall–Kier alpha value is -3.28. The van der Waals surface area contributed by atoms with Crippen molar-refractivity contribution < 1.29 is 14.3 Å². The van der Waals surface area contributed by atoms with Crippen LogP contribution in [-0.2, 0) is 0 Å². The fraction of sp³-hybridized carbons (Fsp3) is 0.200. The molecule has 2 aromatic carbocycles. The van der Waals surface area contributed by atoms with Crippen molar-refractivity contribution in [3.8, 4) is 17.2 Å². The van der Waals surface area contributed by atoms with E-state index in [4.69, 9.17) is 9.47 Å². The molecule has 0 radical (unpaired) electrons. The number of amides is 1. The Morgan fingerprint density at radius 3 is 2.62 bits per heavy atom. The minimum absolute atomic E-state index is 0.118. The van der Waals surface area contributed by atoms with Gasteiger partial charge in [0, 0.05) is 23.6 Å². The third kappa shape index (κ3) is 3.26. The highest BCUT2D eigenvalue weighted by molar-refractivity contribution is 5.95. The zero-order chi connectivity index (χ0) is 17.9. The van der Waals surface area contributed by atoms with E-state index in [1.807, 2.05) is 42.0 Å². The molecule has 1 aromatic heterocycles. The summed E-state index contributed by atoms with van der Waals surface area (Å²) >= 11 is 0. The predicted octanol–water partition coefficient (Wildman–Crippen LogP) is 3.13. The topological polar surface area (TPSA) is 65.4 Å². The SMILES string of the molecule is CC(NC(=O)c1ccc2c(c1)OCCO2)c1ccc(-n2ccnc2)cc1. The van der Waals surface area contributed by atoms with Gasteiger partial charge in [-0.15, -0.1) is 0 Å². The van der Waals surface area contributed by atoms with Crippen LogP contribution in [0, 0.1) is 0 Å². The molecule has 0 fully saturated rings. The van der Waals surface area contributed by atoms with Gasteiger partial charge in [-0.1, -0.05) is 12.1 Å². The fourth-order valence-corrected chi connectivity index (χ4v) is 2.89. The summed E-state index contributed by atoms with van der Waals surface area (Å²) < 4.78 is 13.0. The summed E-state index contributed by atoms with van der Waals surface area (Å²) in [5.41, 5.74) is 2.60. The second-order valence-corrected chi connectivity index (χ2v) is 6.12. The van der Waals surface area contributed by atoms with Crippen molar-refractivity contribution in [2.75, 3.05) is 13.2 Å². The van der Waals surface area contributed by atoms with E-state index in [2.05, 4.69) is 10.3 Å². The summed E-state index contributed by atoms with van der Waals surface area (Å²) in [5.74, 6) is 1.14. The molecule has 0 aliphatic carbocycles. The highest BCUT2D eigenvalue weighted by Gasteiger charge is 2.16. The number of carbonyl (C=O) groups excluding carboxylic acids is 1. The third-order valence-electron chi connectivity index (χ3n) is 4.35. The molecule has 1 atom stereocenters. The molecule has 1 aliphatic rings. The summed E-state index contributed by atoms with van der Waals surface area (Å²) in [5, 5.41) is 3.02. The van der Waals surface area contributed by atoms with Crippen LogP contribution in [0.4, 0.5) is 0 Å². The van der Waals surface area contributed by atoms with Gasteiger partial charge >= 0.3 is 0 Å². The number of nitrogens with zero attached hydrogens (tertiary/aromatic N) is 2. The Morgan fingerprint density at radius 2 is 1.88 bits per heavy atom. The van der Waals surface area contributed by atoms with Crippen molar-refractivity contribution in [1.29, 1.82) is 0 Å². The number of benzene rings is 2. The van der Waals surface area contributed by atoms with E-state index in [0.29, 0.717) is 30.3 Å². The van der Waals surface area contributed by atoms with E-state index in [1.54, 1.807) is 30.7 Å². The quantitative estimate of drug-likeness (QED) is 0.786. The van der Waals surface area contributed by atoms with Gasteiger partial charge in [-0.3, -0.25) is 4.79 Å². The first kappa shape index (κ1) is 16.2. The summed E-state index contributed by atoms with van der Waals surface area (Å²) in [7, 11) is 0. The number of imidazole rings is 1. The van der Waals surface area contributed by atoms with Crippen molar-refractivity contribution in [2.24, 2.45) is 0 Å². The minimum Gasteiger partial charge on any atom is -0.486 e. The summed E-state index contributed by atoms with van der Waals surface area (Å²) in [4.78, 5) is 16.6. The van der Waals surface area contributed by atoms with Gasteiger partial charge in [-0.2, -0.15) is 0 Å². The average molecular weight is 349 g/mol. The molecule has 6 nitrogen and oxygen atoms in total. The fourth-order valence-electron chi connectivity index (χ4n) is 2.89. The summed E-state index contributed by atoms with van der Waals surface area (Å²) in [6.45, 7) is 2.99. The zero-order valence-electron chi connectivity index (χ0n) is 14.4. The molecule has 6 heteroatoms. The number of ether oxygens (including phenoxy) is 2. The van der Waals surface area contributed by atoms with Crippen LogP contribution in [0.15, 0.2) is 61.2 Å². The van der Waals surface area contributed by atoms with Gasteiger partial charge in [0.05, 0.1) is 12.4 Å². The highest BCUT2D eigenvalue weighted by atomic mass is 16.6. The number of hydrogen-bond donors (Lipinski definition) is 1. The normalized spacial score (nSPS) is 13.9. The van der Waals surface area contributed by atoms with E-state index in [-0.39, 0.29) is 11.9 Å². The number of rotatable bonds is 4. The lowest BCUT2D eigenvalue weighted by Crippen LogP contribution is -2.27. The molecule has 2 heterocycles. The van der Waals surface area contributed by atoms with Gasteiger partial charge in [0.2, 0.25) is 0 Å². The van der Waals surface area contributed by atoms with Crippen LogP contribution >= 0.6 is 0 Å².